The topological polar surface area (TPSA) is 64.3 Å². The number of ether oxygens (including phenoxy) is 1. The third-order valence-corrected chi connectivity index (χ3v) is 3.15. The molecule has 0 heterocycles. The van der Waals surface area contributed by atoms with Crippen molar-refractivity contribution in [3.8, 4) is 5.75 Å². The Morgan fingerprint density at radius 3 is 2.52 bits per heavy atom. The van der Waals surface area contributed by atoms with Gasteiger partial charge in [-0.05, 0) is 49.2 Å². The van der Waals surface area contributed by atoms with Gasteiger partial charge in [0, 0.05) is 5.69 Å². The second-order valence-corrected chi connectivity index (χ2v) is 4.83. The van der Waals surface area contributed by atoms with Crippen molar-refractivity contribution in [1.82, 2.24) is 0 Å². The first-order valence-electron chi connectivity index (χ1n) is 6.96. The van der Waals surface area contributed by atoms with Gasteiger partial charge in [-0.3, -0.25) is 4.79 Å². The standard InChI is InChI=1S/C17H20N2O2/c1-13-4-2-3-5-16(13)19-17(20)12-21-15-8-6-14(7-9-15)10-11-18/h2-9H,10-12,18H2,1H3,(H,19,20). The molecule has 3 N–H and O–H groups in total. The Morgan fingerprint density at radius 1 is 1.14 bits per heavy atom. The molecule has 0 bridgehead atoms. The predicted octanol–water partition coefficient (Wildman–Crippen LogP) is 2.51. The molecule has 0 aliphatic heterocycles. The highest BCUT2D eigenvalue weighted by atomic mass is 16.5. The zero-order valence-electron chi connectivity index (χ0n) is 12.1. The lowest BCUT2D eigenvalue weighted by Gasteiger charge is -2.09. The lowest BCUT2D eigenvalue weighted by Crippen LogP contribution is -2.20. The molecule has 0 saturated carbocycles. The molecule has 0 aliphatic carbocycles. The summed E-state index contributed by atoms with van der Waals surface area (Å²) in [6, 6.07) is 15.3. The van der Waals surface area contributed by atoms with Crippen molar-refractivity contribution in [1.29, 1.82) is 0 Å². The zero-order chi connectivity index (χ0) is 15.1. The highest BCUT2D eigenvalue weighted by molar-refractivity contribution is 5.92. The third kappa shape index (κ3) is 4.61. The van der Waals surface area contributed by atoms with Crippen molar-refractivity contribution in [3.63, 3.8) is 0 Å². The Labute approximate surface area is 124 Å². The number of anilines is 1. The van der Waals surface area contributed by atoms with Crippen LogP contribution in [0.4, 0.5) is 5.69 Å². The van der Waals surface area contributed by atoms with E-state index in [2.05, 4.69) is 5.32 Å². The van der Waals surface area contributed by atoms with Gasteiger partial charge in [-0.1, -0.05) is 30.3 Å². The summed E-state index contributed by atoms with van der Waals surface area (Å²) in [4.78, 5) is 11.9. The average molecular weight is 284 g/mol. The molecular formula is C17H20N2O2. The van der Waals surface area contributed by atoms with Gasteiger partial charge < -0.3 is 15.8 Å². The summed E-state index contributed by atoms with van der Waals surface area (Å²) in [6.07, 6.45) is 0.841. The van der Waals surface area contributed by atoms with E-state index in [1.165, 1.54) is 0 Å². The van der Waals surface area contributed by atoms with Crippen molar-refractivity contribution >= 4 is 11.6 Å². The first-order chi connectivity index (χ1) is 10.2. The van der Waals surface area contributed by atoms with E-state index in [1.807, 2.05) is 55.5 Å². The second-order valence-electron chi connectivity index (χ2n) is 4.83. The molecule has 4 heteroatoms. The predicted molar refractivity (Wildman–Crippen MR) is 84.5 cm³/mol. The van der Waals surface area contributed by atoms with Gasteiger partial charge in [0.25, 0.3) is 5.91 Å². The monoisotopic (exact) mass is 284 g/mol. The van der Waals surface area contributed by atoms with E-state index >= 15 is 0 Å². The van der Waals surface area contributed by atoms with Crippen LogP contribution < -0.4 is 15.8 Å². The molecule has 2 aromatic carbocycles. The molecule has 0 atom stereocenters. The number of aryl methyl sites for hydroxylation is 1. The molecule has 0 aliphatic rings. The third-order valence-electron chi connectivity index (χ3n) is 3.15. The molecule has 0 fully saturated rings. The molecule has 21 heavy (non-hydrogen) atoms. The molecule has 2 rings (SSSR count). The quantitative estimate of drug-likeness (QED) is 0.856. The van der Waals surface area contributed by atoms with Gasteiger partial charge in [-0.25, -0.2) is 0 Å². The summed E-state index contributed by atoms with van der Waals surface area (Å²) in [5.74, 6) is 0.506. The summed E-state index contributed by atoms with van der Waals surface area (Å²) in [5, 5.41) is 2.83. The summed E-state index contributed by atoms with van der Waals surface area (Å²) < 4.78 is 5.47. The minimum Gasteiger partial charge on any atom is -0.484 e. The number of hydrogen-bond donors (Lipinski definition) is 2. The van der Waals surface area contributed by atoms with E-state index in [-0.39, 0.29) is 12.5 Å². The lowest BCUT2D eigenvalue weighted by atomic mass is 10.1. The van der Waals surface area contributed by atoms with Crippen LogP contribution in [0.1, 0.15) is 11.1 Å². The number of nitrogens with two attached hydrogens (primary N) is 1. The van der Waals surface area contributed by atoms with Gasteiger partial charge >= 0.3 is 0 Å². The largest absolute Gasteiger partial charge is 0.484 e. The molecule has 0 saturated heterocycles. The molecular weight excluding hydrogens is 264 g/mol. The maximum absolute atomic E-state index is 11.9. The number of hydrogen-bond acceptors (Lipinski definition) is 3. The lowest BCUT2D eigenvalue weighted by molar-refractivity contribution is -0.118. The van der Waals surface area contributed by atoms with E-state index in [0.717, 1.165) is 23.2 Å². The molecule has 1 amide bonds. The summed E-state index contributed by atoms with van der Waals surface area (Å²) in [5.41, 5.74) is 8.49. The Kier molecular flexibility index (Phi) is 5.35. The summed E-state index contributed by atoms with van der Waals surface area (Å²) in [6.45, 7) is 2.57. The molecule has 0 radical (unpaired) electrons. The Balaban J connectivity index is 1.85. The zero-order valence-corrected chi connectivity index (χ0v) is 12.1. The number of benzene rings is 2. The minimum atomic E-state index is -0.171. The maximum Gasteiger partial charge on any atom is 0.262 e. The van der Waals surface area contributed by atoms with Gasteiger partial charge in [0.15, 0.2) is 6.61 Å². The maximum atomic E-state index is 11.9. The van der Waals surface area contributed by atoms with Crippen LogP contribution in [0.15, 0.2) is 48.5 Å². The fraction of sp³-hybridized carbons (Fsp3) is 0.235. The number of amides is 1. The van der Waals surface area contributed by atoms with Crippen LogP contribution in [0.3, 0.4) is 0 Å². The van der Waals surface area contributed by atoms with E-state index in [4.69, 9.17) is 10.5 Å². The fourth-order valence-corrected chi connectivity index (χ4v) is 1.97. The highest BCUT2D eigenvalue weighted by Gasteiger charge is 2.05. The molecule has 2 aromatic rings. The van der Waals surface area contributed by atoms with Crippen LogP contribution in [0.5, 0.6) is 5.75 Å². The van der Waals surface area contributed by atoms with E-state index in [1.54, 1.807) is 0 Å². The molecule has 0 spiro atoms. The number of nitrogens with one attached hydrogen (secondary N) is 1. The average Bonchev–Trinajstić information content (AvgIpc) is 2.49. The van der Waals surface area contributed by atoms with Gasteiger partial charge in [-0.15, -0.1) is 0 Å². The summed E-state index contributed by atoms with van der Waals surface area (Å²) >= 11 is 0. The first kappa shape index (κ1) is 15.1. The van der Waals surface area contributed by atoms with E-state index < -0.39 is 0 Å². The van der Waals surface area contributed by atoms with Crippen LogP contribution in [0.2, 0.25) is 0 Å². The van der Waals surface area contributed by atoms with Gasteiger partial charge in [-0.2, -0.15) is 0 Å². The Morgan fingerprint density at radius 2 is 1.86 bits per heavy atom. The molecule has 0 unspecified atom stereocenters. The van der Waals surface area contributed by atoms with Crippen LogP contribution in [-0.4, -0.2) is 19.1 Å². The Hall–Kier alpha value is -2.33. The Bertz CT molecular complexity index is 594. The van der Waals surface area contributed by atoms with Gasteiger partial charge in [0.1, 0.15) is 5.75 Å². The van der Waals surface area contributed by atoms with E-state index in [9.17, 15) is 4.79 Å². The van der Waals surface area contributed by atoms with Crippen molar-refractivity contribution in [2.45, 2.75) is 13.3 Å². The van der Waals surface area contributed by atoms with E-state index in [0.29, 0.717) is 12.3 Å². The van der Waals surface area contributed by atoms with Crippen molar-refractivity contribution in [3.05, 3.63) is 59.7 Å². The molecule has 0 aromatic heterocycles. The summed E-state index contributed by atoms with van der Waals surface area (Å²) in [7, 11) is 0. The van der Waals surface area contributed by atoms with Crippen molar-refractivity contribution < 1.29 is 9.53 Å². The van der Waals surface area contributed by atoms with Crippen LogP contribution in [-0.2, 0) is 11.2 Å². The van der Waals surface area contributed by atoms with Crippen LogP contribution in [0, 0.1) is 6.92 Å². The number of rotatable bonds is 6. The SMILES string of the molecule is Cc1ccccc1NC(=O)COc1ccc(CCN)cc1. The number of carbonyl (C=O) groups is 1. The van der Waals surface area contributed by atoms with Gasteiger partial charge in [0.05, 0.1) is 0 Å². The van der Waals surface area contributed by atoms with Crippen LogP contribution in [0.25, 0.3) is 0 Å². The smallest absolute Gasteiger partial charge is 0.262 e. The van der Waals surface area contributed by atoms with Gasteiger partial charge in [0.2, 0.25) is 0 Å². The van der Waals surface area contributed by atoms with Crippen LogP contribution >= 0.6 is 0 Å². The highest BCUT2D eigenvalue weighted by Crippen LogP contribution is 2.14. The number of para-hydroxylation sites is 1. The van der Waals surface area contributed by atoms with Crippen molar-refractivity contribution in [2.24, 2.45) is 5.73 Å². The fourth-order valence-electron chi connectivity index (χ4n) is 1.97. The number of carbonyl (C=O) groups excluding carboxylic acids is 1. The first-order valence-corrected chi connectivity index (χ1v) is 6.96. The molecule has 110 valence electrons. The normalized spacial score (nSPS) is 10.2. The van der Waals surface area contributed by atoms with Crippen molar-refractivity contribution in [2.75, 3.05) is 18.5 Å². The molecule has 4 nitrogen and oxygen atoms in total. The second kappa shape index (κ2) is 7.45. The minimum absolute atomic E-state index is 0.00936.